The highest BCUT2D eigenvalue weighted by molar-refractivity contribution is 6.35. The molecule has 1 aromatic heterocycles. The molecule has 9 heteroatoms. The largest absolute Gasteiger partial charge is 0.350 e. The molecule has 1 heterocycles. The van der Waals surface area contributed by atoms with Gasteiger partial charge in [0.1, 0.15) is 0 Å². The van der Waals surface area contributed by atoms with Crippen LogP contribution < -0.4 is 10.6 Å². The Labute approximate surface area is 164 Å². The van der Waals surface area contributed by atoms with E-state index in [1.54, 1.807) is 12.1 Å². The van der Waals surface area contributed by atoms with Crippen LogP contribution in [0.4, 0.5) is 0 Å². The van der Waals surface area contributed by atoms with Crippen molar-refractivity contribution in [3.63, 3.8) is 0 Å². The molecule has 3 rings (SSSR count). The van der Waals surface area contributed by atoms with E-state index in [0.29, 0.717) is 15.9 Å². The van der Waals surface area contributed by atoms with E-state index in [1.165, 1.54) is 6.07 Å². The lowest BCUT2D eigenvalue weighted by atomic mass is 10.2. The fraction of sp³-hybridized carbons (Fsp3) is 0.111. The Balaban J connectivity index is 1.49. The molecule has 0 unspecified atom stereocenters. The smallest absolute Gasteiger partial charge is 0.316 e. The van der Waals surface area contributed by atoms with Gasteiger partial charge in [0.15, 0.2) is 0 Å². The molecule has 0 spiro atoms. The minimum absolute atomic E-state index is 0.155. The molecule has 0 radical (unpaired) electrons. The van der Waals surface area contributed by atoms with E-state index < -0.39 is 5.91 Å². The molecule has 0 aliphatic carbocycles. The molecule has 0 atom stereocenters. The maximum absolute atomic E-state index is 12.1. The number of amides is 2. The van der Waals surface area contributed by atoms with Gasteiger partial charge in [-0.15, -0.1) is 0 Å². The molecule has 0 saturated heterocycles. The van der Waals surface area contributed by atoms with Gasteiger partial charge in [0.2, 0.25) is 5.82 Å². The second-order valence-electron chi connectivity index (χ2n) is 5.43. The number of benzene rings is 2. The first-order chi connectivity index (χ1) is 13.0. The summed E-state index contributed by atoms with van der Waals surface area (Å²) in [6.07, 6.45) is 0. The van der Waals surface area contributed by atoms with E-state index in [0.717, 1.165) is 5.56 Å². The van der Waals surface area contributed by atoms with E-state index in [-0.39, 0.29) is 30.5 Å². The molecular weight excluding hydrogens is 391 g/mol. The number of hydrogen-bond donors (Lipinski definition) is 2. The third-order valence-corrected chi connectivity index (χ3v) is 4.09. The number of hydrogen-bond acceptors (Lipinski definition) is 5. The van der Waals surface area contributed by atoms with Crippen molar-refractivity contribution >= 4 is 35.0 Å². The summed E-state index contributed by atoms with van der Waals surface area (Å²) in [6.45, 7) is 0.360. The first-order valence-electron chi connectivity index (χ1n) is 7.95. The Kier molecular flexibility index (Phi) is 6.05. The lowest BCUT2D eigenvalue weighted by Gasteiger charge is -2.07. The first-order valence-corrected chi connectivity index (χ1v) is 8.71. The number of rotatable bonds is 6. The minimum Gasteiger partial charge on any atom is -0.350 e. The van der Waals surface area contributed by atoms with Crippen molar-refractivity contribution in [1.29, 1.82) is 0 Å². The molecule has 0 fully saturated rings. The van der Waals surface area contributed by atoms with Crippen LogP contribution in [-0.4, -0.2) is 35.0 Å². The van der Waals surface area contributed by atoms with Gasteiger partial charge in [0.05, 0.1) is 10.6 Å². The number of halogens is 2. The molecule has 138 valence electrons. The molecule has 0 aliphatic heterocycles. The Morgan fingerprint density at radius 2 is 1.67 bits per heavy atom. The molecule has 2 aromatic carbocycles. The zero-order valence-electron chi connectivity index (χ0n) is 13.9. The maximum atomic E-state index is 12.1. The number of aromatic nitrogens is 2. The second kappa shape index (κ2) is 8.66. The van der Waals surface area contributed by atoms with Crippen molar-refractivity contribution in [3.8, 4) is 11.4 Å². The van der Waals surface area contributed by atoms with Crippen LogP contribution in [0.5, 0.6) is 0 Å². The molecular formula is C18H14Cl2N4O3. The third-order valence-electron chi connectivity index (χ3n) is 3.52. The number of carbonyl (C=O) groups excluding carboxylic acids is 2. The van der Waals surface area contributed by atoms with Gasteiger partial charge in [-0.25, -0.2) is 0 Å². The average Bonchev–Trinajstić information content (AvgIpc) is 3.18. The van der Waals surface area contributed by atoms with Crippen LogP contribution in [0.2, 0.25) is 10.0 Å². The monoisotopic (exact) mass is 404 g/mol. The summed E-state index contributed by atoms with van der Waals surface area (Å²) < 4.78 is 4.96. The normalized spacial score (nSPS) is 10.4. The molecule has 2 N–H and O–H groups in total. The molecule has 0 aliphatic rings. The lowest BCUT2D eigenvalue weighted by Crippen LogP contribution is -2.34. The number of nitrogens with one attached hydrogen (secondary N) is 2. The van der Waals surface area contributed by atoms with Crippen molar-refractivity contribution in [2.45, 2.75) is 0 Å². The van der Waals surface area contributed by atoms with Crippen LogP contribution in [0.15, 0.2) is 53.1 Å². The molecule has 3 aromatic rings. The molecule has 0 bridgehead atoms. The van der Waals surface area contributed by atoms with Crippen molar-refractivity contribution in [3.05, 3.63) is 70.0 Å². The Morgan fingerprint density at radius 3 is 2.41 bits per heavy atom. The summed E-state index contributed by atoms with van der Waals surface area (Å²) in [6, 6.07) is 13.8. The van der Waals surface area contributed by atoms with Crippen LogP contribution in [0.1, 0.15) is 21.0 Å². The standard InChI is InChI=1S/C18H14Cl2N4O3/c19-12-6-7-14(20)13(10-12)16(25)21-8-9-22-17(26)18-23-15(24-27-18)11-4-2-1-3-5-11/h1-7,10H,8-9H2,(H,21,25)(H,22,26). The number of nitrogens with zero attached hydrogens (tertiary/aromatic N) is 2. The quantitative estimate of drug-likeness (QED) is 0.614. The van der Waals surface area contributed by atoms with Crippen molar-refractivity contribution in [2.24, 2.45) is 0 Å². The summed E-state index contributed by atoms with van der Waals surface area (Å²) in [5, 5.41) is 9.70. The minimum atomic E-state index is -0.528. The average molecular weight is 405 g/mol. The predicted octanol–water partition coefficient (Wildman–Crippen LogP) is 3.20. The van der Waals surface area contributed by atoms with Gasteiger partial charge >= 0.3 is 11.8 Å². The van der Waals surface area contributed by atoms with E-state index in [1.807, 2.05) is 30.3 Å². The van der Waals surface area contributed by atoms with Crippen molar-refractivity contribution in [1.82, 2.24) is 20.8 Å². The first kappa shape index (κ1) is 18.9. The molecule has 27 heavy (non-hydrogen) atoms. The van der Waals surface area contributed by atoms with Crippen molar-refractivity contribution in [2.75, 3.05) is 13.1 Å². The van der Waals surface area contributed by atoms with Gasteiger partial charge in [0.25, 0.3) is 5.91 Å². The van der Waals surface area contributed by atoms with Gasteiger partial charge in [-0.1, -0.05) is 58.7 Å². The fourth-order valence-corrected chi connectivity index (χ4v) is 2.59. The lowest BCUT2D eigenvalue weighted by molar-refractivity contribution is 0.0898. The summed E-state index contributed by atoms with van der Waals surface area (Å²) in [5.74, 6) is -0.747. The second-order valence-corrected chi connectivity index (χ2v) is 6.27. The van der Waals surface area contributed by atoms with Gasteiger partial charge in [-0.2, -0.15) is 4.98 Å². The molecule has 7 nitrogen and oxygen atoms in total. The zero-order valence-corrected chi connectivity index (χ0v) is 15.4. The van der Waals surface area contributed by atoms with Gasteiger partial charge in [-0.3, -0.25) is 9.59 Å². The van der Waals surface area contributed by atoms with Gasteiger partial charge in [-0.05, 0) is 18.2 Å². The van der Waals surface area contributed by atoms with Crippen LogP contribution in [0.3, 0.4) is 0 Å². The Morgan fingerprint density at radius 1 is 0.963 bits per heavy atom. The molecule has 0 saturated carbocycles. The van der Waals surface area contributed by atoms with Crippen molar-refractivity contribution < 1.29 is 14.1 Å². The SMILES string of the molecule is O=C(NCCNC(=O)c1cc(Cl)ccc1Cl)c1nc(-c2ccccc2)no1. The van der Waals surface area contributed by atoms with E-state index >= 15 is 0 Å². The molecule has 2 amide bonds. The topological polar surface area (TPSA) is 97.1 Å². The summed E-state index contributed by atoms with van der Waals surface area (Å²) in [5.41, 5.74) is 1.01. The highest BCUT2D eigenvalue weighted by atomic mass is 35.5. The van der Waals surface area contributed by atoms with Gasteiger partial charge in [0, 0.05) is 23.7 Å². The fourth-order valence-electron chi connectivity index (χ4n) is 2.21. The van der Waals surface area contributed by atoms with Gasteiger partial charge < -0.3 is 15.2 Å². The Bertz CT molecular complexity index is 960. The van der Waals surface area contributed by atoms with Crippen LogP contribution in [-0.2, 0) is 0 Å². The summed E-state index contributed by atoms with van der Waals surface area (Å²) in [4.78, 5) is 28.2. The highest BCUT2D eigenvalue weighted by Gasteiger charge is 2.16. The summed E-state index contributed by atoms with van der Waals surface area (Å²) >= 11 is 11.8. The van der Waals surface area contributed by atoms with Crippen LogP contribution in [0.25, 0.3) is 11.4 Å². The number of carbonyl (C=O) groups is 2. The van der Waals surface area contributed by atoms with Crippen LogP contribution in [0, 0.1) is 0 Å². The predicted molar refractivity (Wildman–Crippen MR) is 101 cm³/mol. The summed E-state index contributed by atoms with van der Waals surface area (Å²) in [7, 11) is 0. The van der Waals surface area contributed by atoms with E-state index in [2.05, 4.69) is 20.8 Å². The highest BCUT2D eigenvalue weighted by Crippen LogP contribution is 2.20. The maximum Gasteiger partial charge on any atom is 0.316 e. The zero-order chi connectivity index (χ0) is 19.2. The van der Waals surface area contributed by atoms with Crippen LogP contribution >= 0.6 is 23.2 Å². The Hall–Kier alpha value is -2.90. The van der Waals surface area contributed by atoms with E-state index in [4.69, 9.17) is 27.7 Å². The third kappa shape index (κ3) is 4.84. The van der Waals surface area contributed by atoms with E-state index in [9.17, 15) is 9.59 Å².